The van der Waals surface area contributed by atoms with Crippen LogP contribution >= 0.6 is 0 Å². The van der Waals surface area contributed by atoms with Crippen molar-refractivity contribution in [3.63, 3.8) is 0 Å². The number of benzene rings is 2. The van der Waals surface area contributed by atoms with Crippen LogP contribution < -0.4 is 11.1 Å². The Kier molecular flexibility index (Phi) is 16.3. The summed E-state index contributed by atoms with van der Waals surface area (Å²) >= 11 is 0. The van der Waals surface area contributed by atoms with Gasteiger partial charge in [-0.2, -0.15) is 0 Å². The van der Waals surface area contributed by atoms with Gasteiger partial charge in [0, 0.05) is 24.2 Å². The van der Waals surface area contributed by atoms with Crippen LogP contribution in [-0.4, -0.2) is 60.9 Å². The Labute approximate surface area is 510 Å². The molecule has 20 atom stereocenters. The number of nitrogens with one attached hydrogen (secondary N) is 1. The molecule has 9 N–H and O–H groups in total. The molecule has 0 amide bonds. The summed E-state index contributed by atoms with van der Waals surface area (Å²) in [6.45, 7) is 39.2. The summed E-state index contributed by atoms with van der Waals surface area (Å²) in [5.74, 6) is 3.19. The van der Waals surface area contributed by atoms with Crippen LogP contribution in [0.5, 0.6) is 23.0 Å². The number of allylic oxidation sites excluding steroid dienone is 2. The number of aromatic hydroxyl groups is 4. The summed E-state index contributed by atoms with van der Waals surface area (Å²) < 4.78 is 0. The van der Waals surface area contributed by atoms with Gasteiger partial charge in [0.05, 0.1) is 10.8 Å². The highest BCUT2D eigenvalue weighted by atomic mass is 16.4. The second-order valence-electron chi connectivity index (χ2n) is 33.2. The minimum absolute atomic E-state index is 0.0593. The minimum Gasteiger partial charge on any atom is -0.504 e. The Morgan fingerprint density at radius 2 is 0.965 bits per heavy atom. The molecule has 10 fully saturated rings. The zero-order valence-corrected chi connectivity index (χ0v) is 54.2. The van der Waals surface area contributed by atoms with Gasteiger partial charge in [0.25, 0.3) is 0 Å². The Morgan fingerprint density at radius 3 is 1.40 bits per heavy atom. The van der Waals surface area contributed by atoms with E-state index in [2.05, 4.69) is 102 Å². The lowest BCUT2D eigenvalue weighted by Crippen LogP contribution is -2.67. The van der Waals surface area contributed by atoms with Crippen LogP contribution in [0, 0.1) is 113 Å². The molecule has 0 spiro atoms. The first-order valence-electron chi connectivity index (χ1n) is 33.4. The molecule has 85 heavy (non-hydrogen) atoms. The second kappa shape index (κ2) is 21.7. The Hall–Kier alpha value is -4.35. The van der Waals surface area contributed by atoms with Crippen molar-refractivity contribution in [1.29, 1.82) is 0 Å². The number of fused-ring (bicyclic) bond motifs is 14. The molecule has 12 rings (SSSR count). The summed E-state index contributed by atoms with van der Waals surface area (Å²) in [7, 11) is 0. The van der Waals surface area contributed by atoms with E-state index in [1.54, 1.807) is 12.1 Å². The Bertz CT molecular complexity index is 2950. The van der Waals surface area contributed by atoms with Crippen LogP contribution in [0.15, 0.2) is 60.7 Å². The van der Waals surface area contributed by atoms with Crippen molar-refractivity contribution in [3.8, 4) is 23.0 Å². The van der Waals surface area contributed by atoms with Crippen LogP contribution in [0.4, 0.5) is 0 Å². The summed E-state index contributed by atoms with van der Waals surface area (Å²) in [5.41, 5.74) is 11.2. The minimum atomic E-state index is -0.557. The summed E-state index contributed by atoms with van der Waals surface area (Å²) in [4.78, 5) is 35.8. The number of phenols is 4. The predicted octanol–water partition coefficient (Wildman–Crippen LogP) is 16.3. The maximum Gasteiger partial charge on any atom is 0.309 e. The average Bonchev–Trinajstić information content (AvgIpc) is 1.54. The van der Waals surface area contributed by atoms with Gasteiger partial charge in [-0.25, -0.2) is 0 Å². The zero-order valence-electron chi connectivity index (χ0n) is 54.2. The highest BCUT2D eigenvalue weighted by Gasteiger charge is 2.74. The summed E-state index contributed by atoms with van der Waals surface area (Å²) in [6.07, 6.45) is 22.8. The molecule has 0 radical (unpaired) electrons. The average molecular weight is 1170 g/mol. The zero-order chi connectivity index (χ0) is 62.2. The van der Waals surface area contributed by atoms with Crippen LogP contribution in [0.25, 0.3) is 0 Å². The molecular weight excluding hydrogens is 1060 g/mol. The van der Waals surface area contributed by atoms with Crippen molar-refractivity contribution in [1.82, 2.24) is 5.32 Å². The Balaban J connectivity index is 0.000000166. The maximum atomic E-state index is 12.9. The fraction of sp³-hybridized carbons (Fsp3) is 0.743. The number of carbonyl (C=O) groups excluding carboxylic acids is 1. The van der Waals surface area contributed by atoms with E-state index in [9.17, 15) is 34.8 Å². The molecule has 1 unspecified atom stereocenters. The van der Waals surface area contributed by atoms with E-state index in [0.29, 0.717) is 77.3 Å². The van der Waals surface area contributed by atoms with E-state index in [4.69, 9.17) is 15.9 Å². The number of aliphatic carboxylic acids is 2. The monoisotopic (exact) mass is 1170 g/mol. The van der Waals surface area contributed by atoms with Gasteiger partial charge in [-0.05, 0) is 281 Å². The summed E-state index contributed by atoms with van der Waals surface area (Å²) in [5, 5.41) is 62.3. The quantitative estimate of drug-likeness (QED) is 0.0708. The molecule has 10 saturated carbocycles. The lowest BCUT2D eigenvalue weighted by atomic mass is 9.32. The summed E-state index contributed by atoms with van der Waals surface area (Å²) in [6, 6.07) is 9.71. The largest absolute Gasteiger partial charge is 0.504 e. The molecule has 11 heteroatoms. The van der Waals surface area contributed by atoms with Gasteiger partial charge in [0.15, 0.2) is 23.0 Å². The van der Waals surface area contributed by atoms with E-state index >= 15 is 0 Å². The molecule has 0 aromatic heterocycles. The van der Waals surface area contributed by atoms with Gasteiger partial charge in [0.1, 0.15) is 6.29 Å². The standard InChI is InChI=1S/C37H55NO4.C30H49NO2.C7H6O3/c1-22(2)24-12-17-37(32(41)42)19-18-35(6)25(31(24)37)9-11-29-34(5)15-14-30(33(3,4)28(34)13-16-36(29,35)7)38-21-23-8-10-26(39)27(40)20-23;1-18(2)19-10-15-30(25(32)33)17-16-28(6)20(24(19)30)8-9-22-27(5)13-12-23(31)26(3,4)21(27)11-14-29(22,28)7;8-4-5-1-2-6(9)7(10)3-5/h8,10,20,24-25,28-31,38-40H,1,9,11-19,21H2,2-7H3,(H,41,42);19-24H,1,8-17,31H2,2-7H3,(H,32,33);1-4,9-10H/t24-,25+,28-,29+,30-,31+,34-,35+,36+,37-;19-,20+,21-,22+,23?,24+,27-,28+,29+,30-;/m00./s1. The number of carbonyl (C=O) groups is 3. The first-order valence-corrected chi connectivity index (χ1v) is 33.4. The van der Waals surface area contributed by atoms with Crippen molar-refractivity contribution >= 4 is 18.2 Å². The van der Waals surface area contributed by atoms with E-state index in [-0.39, 0.29) is 72.7 Å². The lowest BCUT2D eigenvalue weighted by Gasteiger charge is -2.73. The third-order valence-electron chi connectivity index (χ3n) is 29.9. The first-order chi connectivity index (χ1) is 39.6. The highest BCUT2D eigenvalue weighted by Crippen LogP contribution is 2.80. The number of carboxylic acid groups (broad SMARTS) is 2. The van der Waals surface area contributed by atoms with Crippen LogP contribution in [0.1, 0.15) is 227 Å². The third kappa shape index (κ3) is 9.35. The fourth-order valence-corrected chi connectivity index (χ4v) is 25.0. The van der Waals surface area contributed by atoms with Crippen molar-refractivity contribution in [2.45, 2.75) is 230 Å². The highest BCUT2D eigenvalue weighted by molar-refractivity contribution is 5.77. The van der Waals surface area contributed by atoms with Crippen LogP contribution in [-0.2, 0) is 16.1 Å². The fourth-order valence-electron chi connectivity index (χ4n) is 25.0. The van der Waals surface area contributed by atoms with Gasteiger partial charge in [-0.3, -0.25) is 14.4 Å². The van der Waals surface area contributed by atoms with Gasteiger partial charge < -0.3 is 41.7 Å². The SMILES string of the molecule is C=C(C)[C@@H]1CC[C@]2(C(=O)O)CC[C@]3(C)[C@H](CC[C@@H]4[C@@]5(C)CCC(N)C(C)(C)[C@@H]5CC[C@]43C)[C@@H]12.C=C(C)[C@@H]1CC[C@]2(C(=O)O)CC[C@]3(C)[C@H](CC[C@@H]4[C@@]5(C)CC[C@H](NCc6ccc(O)c(O)c6)C(C)(C)[C@@H]5CC[C@]43C)[C@@H]12.O=Cc1ccc(O)c(O)c1. The molecule has 0 saturated heterocycles. The molecule has 0 heterocycles. The van der Waals surface area contributed by atoms with Gasteiger partial charge in [0.2, 0.25) is 0 Å². The van der Waals surface area contributed by atoms with E-state index < -0.39 is 22.8 Å². The van der Waals surface area contributed by atoms with Gasteiger partial charge >= 0.3 is 11.9 Å². The normalized spacial score (nSPS) is 45.0. The topological polar surface area (TPSA) is 211 Å². The molecule has 470 valence electrons. The third-order valence-corrected chi connectivity index (χ3v) is 29.9. The smallest absolute Gasteiger partial charge is 0.309 e. The second-order valence-corrected chi connectivity index (χ2v) is 33.2. The lowest BCUT2D eigenvalue weighted by molar-refractivity contribution is -0.240. The molecule has 11 nitrogen and oxygen atoms in total. The number of aldehydes is 1. The molecule has 2 aromatic rings. The van der Waals surface area contributed by atoms with Crippen molar-refractivity contribution in [3.05, 3.63) is 71.8 Å². The van der Waals surface area contributed by atoms with Gasteiger partial charge in [-0.1, -0.05) is 99.6 Å². The van der Waals surface area contributed by atoms with Crippen molar-refractivity contribution in [2.24, 2.45) is 119 Å². The molecule has 10 aliphatic rings. The maximum absolute atomic E-state index is 12.9. The van der Waals surface area contributed by atoms with E-state index in [0.717, 1.165) is 82.1 Å². The van der Waals surface area contributed by atoms with Crippen LogP contribution in [0.3, 0.4) is 0 Å². The molecular formula is C74H110N2O9. The first kappa shape index (κ1) is 63.7. The number of hydrogen-bond donors (Lipinski definition) is 8. The predicted molar refractivity (Wildman–Crippen MR) is 337 cm³/mol. The van der Waals surface area contributed by atoms with Crippen molar-refractivity contribution < 1.29 is 45.0 Å². The number of rotatable bonds is 8. The number of hydrogen-bond acceptors (Lipinski definition) is 9. The Morgan fingerprint density at radius 1 is 0.518 bits per heavy atom. The van der Waals surface area contributed by atoms with Crippen molar-refractivity contribution in [2.75, 3.05) is 0 Å². The van der Waals surface area contributed by atoms with Gasteiger partial charge in [-0.15, -0.1) is 0 Å². The molecule has 2 aromatic carbocycles. The van der Waals surface area contributed by atoms with E-state index in [1.165, 1.54) is 87.1 Å². The van der Waals surface area contributed by atoms with Crippen LogP contribution in [0.2, 0.25) is 0 Å². The number of phenolic OH excluding ortho intramolecular Hbond substituents is 4. The molecule has 0 aliphatic heterocycles. The molecule has 0 bridgehead atoms. The number of nitrogens with two attached hydrogens (primary N) is 1. The molecule has 10 aliphatic carbocycles. The number of carboxylic acids is 2. The van der Waals surface area contributed by atoms with E-state index in [1.807, 2.05) is 6.07 Å².